The van der Waals surface area contributed by atoms with E-state index in [9.17, 15) is 24.5 Å². The zero-order valence-electron chi connectivity index (χ0n) is 16.6. The number of ether oxygens (including phenoxy) is 1. The number of hydrogen-bond acceptors (Lipinski definition) is 6. The van der Waals surface area contributed by atoms with Crippen LogP contribution in [0.1, 0.15) is 33.6 Å². The van der Waals surface area contributed by atoms with Crippen molar-refractivity contribution < 1.29 is 24.0 Å². The normalized spacial score (nSPS) is 15.0. The number of piperidine rings is 1. The highest BCUT2D eigenvalue weighted by atomic mass is 35.5. The molecular weight excluding hydrogens is 402 g/mol. The molecule has 0 unspecified atom stereocenters. The minimum absolute atomic E-state index is 0.0329. The number of nitro benzene ring substituents is 1. The number of carbonyl (C=O) groups is 3. The van der Waals surface area contributed by atoms with Crippen LogP contribution in [-0.2, 0) is 19.1 Å². The fraction of sp³-hybridized carbons (Fsp3) is 0.526. The zero-order valence-corrected chi connectivity index (χ0v) is 17.3. The number of amides is 2. The molecule has 1 heterocycles. The predicted molar refractivity (Wildman–Crippen MR) is 106 cm³/mol. The van der Waals surface area contributed by atoms with Crippen LogP contribution in [0.25, 0.3) is 0 Å². The number of hydrogen-bond donors (Lipinski definition) is 1. The third kappa shape index (κ3) is 6.15. The van der Waals surface area contributed by atoms with Crippen LogP contribution in [0.3, 0.4) is 0 Å². The number of nitrogens with one attached hydrogen (secondary N) is 1. The molecule has 1 N–H and O–H groups in total. The number of likely N-dealkylation sites (tertiary alicyclic amines) is 1. The van der Waals surface area contributed by atoms with E-state index in [1.165, 1.54) is 12.1 Å². The van der Waals surface area contributed by atoms with Crippen LogP contribution in [0, 0.1) is 21.4 Å². The second kappa shape index (κ2) is 9.21. The summed E-state index contributed by atoms with van der Waals surface area (Å²) in [4.78, 5) is 48.6. The van der Waals surface area contributed by atoms with E-state index < -0.39 is 34.7 Å². The van der Waals surface area contributed by atoms with Gasteiger partial charge in [0.1, 0.15) is 5.69 Å². The van der Waals surface area contributed by atoms with Gasteiger partial charge in [0.25, 0.3) is 11.6 Å². The van der Waals surface area contributed by atoms with E-state index in [0.29, 0.717) is 25.9 Å². The summed E-state index contributed by atoms with van der Waals surface area (Å²) in [6, 6.07) is 3.83. The summed E-state index contributed by atoms with van der Waals surface area (Å²) in [5.41, 5.74) is -0.863. The molecule has 158 valence electrons. The van der Waals surface area contributed by atoms with E-state index in [1.807, 2.05) is 20.8 Å². The van der Waals surface area contributed by atoms with Gasteiger partial charge >= 0.3 is 5.97 Å². The molecule has 0 bridgehead atoms. The average molecular weight is 426 g/mol. The van der Waals surface area contributed by atoms with E-state index >= 15 is 0 Å². The van der Waals surface area contributed by atoms with Crippen LogP contribution >= 0.6 is 11.6 Å². The average Bonchev–Trinajstić information content (AvgIpc) is 2.66. The van der Waals surface area contributed by atoms with E-state index in [1.54, 1.807) is 4.90 Å². The minimum Gasteiger partial charge on any atom is -0.455 e. The Morgan fingerprint density at radius 3 is 2.45 bits per heavy atom. The maximum Gasteiger partial charge on any atom is 0.309 e. The lowest BCUT2D eigenvalue weighted by molar-refractivity contribution is -0.383. The number of nitro groups is 1. The Kier molecular flexibility index (Phi) is 7.18. The van der Waals surface area contributed by atoms with Gasteiger partial charge in [-0.15, -0.1) is 0 Å². The molecule has 1 aliphatic heterocycles. The number of anilines is 1. The molecule has 1 aliphatic rings. The fourth-order valence-electron chi connectivity index (χ4n) is 2.99. The number of nitrogens with zero attached hydrogens (tertiary/aromatic N) is 2. The highest BCUT2D eigenvalue weighted by Gasteiger charge is 2.33. The van der Waals surface area contributed by atoms with E-state index in [2.05, 4.69) is 5.32 Å². The Balaban J connectivity index is 1.84. The lowest BCUT2D eigenvalue weighted by Gasteiger charge is -2.34. The molecule has 0 spiro atoms. The first-order chi connectivity index (χ1) is 13.5. The SMILES string of the molecule is CC(C)(C)C(=O)N1CCC(C(=O)OCC(=O)Nc2ccc(Cl)cc2[N+](=O)[O-])CC1. The molecule has 0 aromatic heterocycles. The van der Waals surface area contributed by atoms with Crippen molar-refractivity contribution in [1.82, 2.24) is 4.90 Å². The first-order valence-electron chi connectivity index (χ1n) is 9.19. The number of rotatable bonds is 5. The molecule has 29 heavy (non-hydrogen) atoms. The lowest BCUT2D eigenvalue weighted by Crippen LogP contribution is -2.45. The van der Waals surface area contributed by atoms with Crippen molar-refractivity contribution in [2.24, 2.45) is 11.3 Å². The van der Waals surface area contributed by atoms with Gasteiger partial charge in [-0.25, -0.2) is 0 Å². The second-order valence-electron chi connectivity index (χ2n) is 7.89. The third-order valence-corrected chi connectivity index (χ3v) is 4.77. The van der Waals surface area contributed by atoms with E-state index in [-0.39, 0.29) is 22.3 Å². The van der Waals surface area contributed by atoms with Gasteiger partial charge in [-0.05, 0) is 25.0 Å². The van der Waals surface area contributed by atoms with Crippen molar-refractivity contribution >= 4 is 40.8 Å². The zero-order chi connectivity index (χ0) is 21.8. The molecular formula is C19H24ClN3O6. The van der Waals surface area contributed by atoms with Crippen LogP contribution in [0.2, 0.25) is 5.02 Å². The number of esters is 1. The third-order valence-electron chi connectivity index (χ3n) is 4.53. The summed E-state index contributed by atoms with van der Waals surface area (Å²) in [5, 5.41) is 13.6. The van der Waals surface area contributed by atoms with Gasteiger partial charge in [-0.1, -0.05) is 32.4 Å². The summed E-state index contributed by atoms with van der Waals surface area (Å²) >= 11 is 5.73. The Morgan fingerprint density at radius 1 is 1.28 bits per heavy atom. The molecule has 1 aromatic rings. The summed E-state index contributed by atoms with van der Waals surface area (Å²) < 4.78 is 5.05. The smallest absolute Gasteiger partial charge is 0.309 e. The molecule has 2 rings (SSSR count). The molecule has 10 heteroatoms. The van der Waals surface area contributed by atoms with Crippen LogP contribution in [0.15, 0.2) is 18.2 Å². The highest BCUT2D eigenvalue weighted by Crippen LogP contribution is 2.28. The maximum absolute atomic E-state index is 12.3. The number of benzene rings is 1. The Bertz CT molecular complexity index is 813. The van der Waals surface area contributed by atoms with E-state index in [0.717, 1.165) is 6.07 Å². The van der Waals surface area contributed by atoms with Gasteiger partial charge in [0.05, 0.1) is 10.8 Å². The first-order valence-corrected chi connectivity index (χ1v) is 9.56. The number of halogens is 1. The number of carbonyl (C=O) groups excluding carboxylic acids is 3. The van der Waals surface area contributed by atoms with Crippen LogP contribution in [-0.4, -0.2) is 47.3 Å². The molecule has 1 saturated heterocycles. The summed E-state index contributed by atoms with van der Waals surface area (Å²) in [5.74, 6) is -1.57. The van der Waals surface area contributed by atoms with Crippen molar-refractivity contribution in [2.75, 3.05) is 25.0 Å². The first kappa shape index (κ1) is 22.6. The Hall–Kier alpha value is -2.68. The summed E-state index contributed by atoms with van der Waals surface area (Å²) in [7, 11) is 0. The standard InChI is InChI=1S/C19H24ClN3O6/c1-19(2,3)18(26)22-8-6-12(7-9-22)17(25)29-11-16(24)21-14-5-4-13(20)10-15(14)23(27)28/h4-5,10,12H,6-9,11H2,1-3H3,(H,21,24). The predicted octanol–water partition coefficient (Wildman–Crippen LogP) is 3.01. The van der Waals surface area contributed by atoms with Gasteiger partial charge in [0, 0.05) is 29.6 Å². The quantitative estimate of drug-likeness (QED) is 0.440. The van der Waals surface area contributed by atoms with Gasteiger partial charge in [-0.2, -0.15) is 0 Å². The van der Waals surface area contributed by atoms with Crippen LogP contribution in [0.4, 0.5) is 11.4 Å². The molecule has 9 nitrogen and oxygen atoms in total. The van der Waals surface area contributed by atoms with Crippen molar-refractivity contribution in [1.29, 1.82) is 0 Å². The fourth-order valence-corrected chi connectivity index (χ4v) is 3.16. The maximum atomic E-state index is 12.3. The van der Waals surface area contributed by atoms with Gasteiger partial charge in [-0.3, -0.25) is 24.5 Å². The second-order valence-corrected chi connectivity index (χ2v) is 8.33. The van der Waals surface area contributed by atoms with Crippen LogP contribution < -0.4 is 5.32 Å². The van der Waals surface area contributed by atoms with Crippen molar-refractivity contribution in [3.63, 3.8) is 0 Å². The largest absolute Gasteiger partial charge is 0.455 e. The Morgan fingerprint density at radius 2 is 1.90 bits per heavy atom. The molecule has 1 aromatic carbocycles. The lowest BCUT2D eigenvalue weighted by atomic mass is 9.91. The highest BCUT2D eigenvalue weighted by molar-refractivity contribution is 6.31. The van der Waals surface area contributed by atoms with Crippen molar-refractivity contribution in [3.8, 4) is 0 Å². The summed E-state index contributed by atoms with van der Waals surface area (Å²) in [6.07, 6.45) is 0.926. The topological polar surface area (TPSA) is 119 Å². The molecule has 0 aliphatic carbocycles. The molecule has 0 saturated carbocycles. The molecule has 1 fully saturated rings. The van der Waals surface area contributed by atoms with Crippen molar-refractivity contribution in [2.45, 2.75) is 33.6 Å². The molecule has 0 radical (unpaired) electrons. The molecule has 2 amide bonds. The van der Waals surface area contributed by atoms with Gasteiger partial charge < -0.3 is 15.0 Å². The van der Waals surface area contributed by atoms with E-state index in [4.69, 9.17) is 16.3 Å². The minimum atomic E-state index is -0.691. The molecule has 0 atom stereocenters. The Labute approximate surface area is 173 Å². The summed E-state index contributed by atoms with van der Waals surface area (Å²) in [6.45, 7) is 5.90. The van der Waals surface area contributed by atoms with Crippen LogP contribution in [0.5, 0.6) is 0 Å². The monoisotopic (exact) mass is 425 g/mol. The van der Waals surface area contributed by atoms with Gasteiger partial charge in [0.2, 0.25) is 5.91 Å². The van der Waals surface area contributed by atoms with Gasteiger partial charge in [0.15, 0.2) is 6.61 Å². The van der Waals surface area contributed by atoms with Crippen molar-refractivity contribution in [3.05, 3.63) is 33.3 Å².